The summed E-state index contributed by atoms with van der Waals surface area (Å²) in [4.78, 5) is 15.5. The predicted octanol–water partition coefficient (Wildman–Crippen LogP) is 0.399. The van der Waals surface area contributed by atoms with Crippen LogP contribution in [0.2, 0.25) is 0 Å². The van der Waals surface area contributed by atoms with E-state index >= 15 is 0 Å². The van der Waals surface area contributed by atoms with Gasteiger partial charge in [0.05, 0.1) is 0 Å². The number of nitrogens with one attached hydrogen (secondary N) is 1. The third kappa shape index (κ3) is 4.23. The van der Waals surface area contributed by atoms with E-state index in [2.05, 4.69) is 22.1 Å². The highest BCUT2D eigenvalue weighted by atomic mass is 16.5. The first-order chi connectivity index (χ1) is 8.17. The molecule has 90 valence electrons. The smallest absolute Gasteiger partial charge is 0.254 e. The van der Waals surface area contributed by atoms with Gasteiger partial charge in [0.25, 0.3) is 5.91 Å². The van der Waals surface area contributed by atoms with Gasteiger partial charge in [0.15, 0.2) is 0 Å². The van der Waals surface area contributed by atoms with E-state index in [4.69, 9.17) is 9.84 Å². The van der Waals surface area contributed by atoms with Gasteiger partial charge in [-0.05, 0) is 19.1 Å². The molecule has 0 aliphatic heterocycles. The molecule has 2 N–H and O–H groups in total. The summed E-state index contributed by atoms with van der Waals surface area (Å²) in [5.41, 5.74) is 0.675. The van der Waals surface area contributed by atoms with Gasteiger partial charge in [0.2, 0.25) is 0 Å². The topological polar surface area (TPSA) is 71.5 Å². The minimum absolute atomic E-state index is 0.204. The van der Waals surface area contributed by atoms with Crippen molar-refractivity contribution >= 4 is 11.7 Å². The zero-order chi connectivity index (χ0) is 12.7. The quantitative estimate of drug-likeness (QED) is 0.742. The second-order valence-corrected chi connectivity index (χ2v) is 3.26. The van der Waals surface area contributed by atoms with E-state index in [0.717, 1.165) is 0 Å². The average molecular weight is 234 g/mol. The van der Waals surface area contributed by atoms with Crippen LogP contribution in [0.25, 0.3) is 0 Å². The largest absolute Gasteiger partial charge is 0.384 e. The van der Waals surface area contributed by atoms with Gasteiger partial charge in [-0.25, -0.2) is 4.98 Å². The molecule has 5 heteroatoms. The van der Waals surface area contributed by atoms with Crippen molar-refractivity contribution in [2.24, 2.45) is 0 Å². The van der Waals surface area contributed by atoms with Gasteiger partial charge >= 0.3 is 0 Å². The second-order valence-electron chi connectivity index (χ2n) is 3.26. The molecule has 1 rings (SSSR count). The van der Waals surface area contributed by atoms with Crippen LogP contribution in [0, 0.1) is 11.8 Å². The Balaban J connectivity index is 2.75. The first-order valence-corrected chi connectivity index (χ1v) is 5.07. The SMILES string of the molecule is COC(C)C(=O)Nc1cc(C#CCO)ccn1. The highest BCUT2D eigenvalue weighted by Gasteiger charge is 2.11. The maximum absolute atomic E-state index is 11.5. The van der Waals surface area contributed by atoms with E-state index in [1.165, 1.54) is 13.3 Å². The number of anilines is 1. The summed E-state index contributed by atoms with van der Waals surface area (Å²) < 4.78 is 4.88. The maximum atomic E-state index is 11.5. The van der Waals surface area contributed by atoms with Crippen molar-refractivity contribution in [3.05, 3.63) is 23.9 Å². The van der Waals surface area contributed by atoms with E-state index in [0.29, 0.717) is 11.4 Å². The normalized spacial score (nSPS) is 11.2. The minimum Gasteiger partial charge on any atom is -0.384 e. The zero-order valence-corrected chi connectivity index (χ0v) is 9.73. The molecule has 0 bridgehead atoms. The number of aliphatic hydroxyl groups is 1. The summed E-state index contributed by atoms with van der Waals surface area (Å²) in [7, 11) is 1.46. The number of hydrogen-bond acceptors (Lipinski definition) is 4. The predicted molar refractivity (Wildman–Crippen MR) is 63.3 cm³/mol. The van der Waals surface area contributed by atoms with Crippen LogP contribution in [0.15, 0.2) is 18.3 Å². The first kappa shape index (κ1) is 13.2. The van der Waals surface area contributed by atoms with Crippen LogP contribution in [0.3, 0.4) is 0 Å². The van der Waals surface area contributed by atoms with Gasteiger partial charge < -0.3 is 15.2 Å². The Labute approximate surface area is 99.8 Å². The fraction of sp³-hybridized carbons (Fsp3) is 0.333. The summed E-state index contributed by atoms with van der Waals surface area (Å²) in [5, 5.41) is 11.2. The molecule has 17 heavy (non-hydrogen) atoms. The average Bonchev–Trinajstić information content (AvgIpc) is 2.35. The number of aliphatic hydroxyl groups excluding tert-OH is 1. The number of hydrogen-bond donors (Lipinski definition) is 2. The third-order valence-corrected chi connectivity index (χ3v) is 2.05. The van der Waals surface area contributed by atoms with Crippen molar-refractivity contribution in [2.75, 3.05) is 19.0 Å². The van der Waals surface area contributed by atoms with Crippen LogP contribution in [0.5, 0.6) is 0 Å². The van der Waals surface area contributed by atoms with Crippen LogP contribution >= 0.6 is 0 Å². The van der Waals surface area contributed by atoms with E-state index in [1.54, 1.807) is 19.1 Å². The number of nitrogens with zero attached hydrogens (tertiary/aromatic N) is 1. The van der Waals surface area contributed by atoms with Gasteiger partial charge in [-0.15, -0.1) is 0 Å². The fourth-order valence-electron chi connectivity index (χ4n) is 1.05. The van der Waals surface area contributed by atoms with Crippen molar-refractivity contribution in [3.8, 4) is 11.8 Å². The molecule has 5 nitrogen and oxygen atoms in total. The summed E-state index contributed by atoms with van der Waals surface area (Å²) in [6.45, 7) is 1.44. The molecule has 1 aromatic heterocycles. The fourth-order valence-corrected chi connectivity index (χ4v) is 1.05. The number of rotatable bonds is 3. The van der Waals surface area contributed by atoms with Gasteiger partial charge in [-0.1, -0.05) is 11.8 Å². The molecule has 0 fully saturated rings. The van der Waals surface area contributed by atoms with Crippen molar-refractivity contribution in [2.45, 2.75) is 13.0 Å². The number of amides is 1. The molecule has 0 aromatic carbocycles. The van der Waals surface area contributed by atoms with Gasteiger partial charge in [-0.2, -0.15) is 0 Å². The van der Waals surface area contributed by atoms with Crippen LogP contribution in [-0.4, -0.2) is 35.8 Å². The molecule has 1 heterocycles. The van der Waals surface area contributed by atoms with Gasteiger partial charge in [-0.3, -0.25) is 4.79 Å². The van der Waals surface area contributed by atoms with Gasteiger partial charge in [0, 0.05) is 18.9 Å². The molecule has 1 amide bonds. The Morgan fingerprint density at radius 1 is 1.71 bits per heavy atom. The third-order valence-electron chi connectivity index (χ3n) is 2.05. The van der Waals surface area contributed by atoms with Crippen molar-refractivity contribution in [3.63, 3.8) is 0 Å². The lowest BCUT2D eigenvalue weighted by molar-refractivity contribution is -0.124. The number of aromatic nitrogens is 1. The van der Waals surface area contributed by atoms with Crippen LogP contribution in [-0.2, 0) is 9.53 Å². The molecular formula is C12H14N2O3. The van der Waals surface area contributed by atoms with E-state index < -0.39 is 6.10 Å². The van der Waals surface area contributed by atoms with Crippen LogP contribution in [0.1, 0.15) is 12.5 Å². The number of pyridine rings is 1. The Kier molecular flexibility index (Phi) is 5.14. The van der Waals surface area contributed by atoms with E-state index in [9.17, 15) is 4.79 Å². The summed E-state index contributed by atoms with van der Waals surface area (Å²) >= 11 is 0. The molecule has 0 spiro atoms. The lowest BCUT2D eigenvalue weighted by atomic mass is 10.2. The molecular weight excluding hydrogens is 220 g/mol. The first-order valence-electron chi connectivity index (χ1n) is 5.07. The van der Waals surface area contributed by atoms with Gasteiger partial charge in [0.1, 0.15) is 18.5 Å². The highest BCUT2D eigenvalue weighted by Crippen LogP contribution is 2.06. The van der Waals surface area contributed by atoms with Crippen molar-refractivity contribution in [1.29, 1.82) is 0 Å². The Hall–Kier alpha value is -1.90. The minimum atomic E-state index is -0.538. The molecule has 1 unspecified atom stereocenters. The van der Waals surface area contributed by atoms with Crippen molar-refractivity contribution < 1.29 is 14.6 Å². The Morgan fingerprint density at radius 2 is 2.47 bits per heavy atom. The van der Waals surface area contributed by atoms with E-state index in [1.807, 2.05) is 0 Å². The zero-order valence-electron chi connectivity index (χ0n) is 9.73. The lowest BCUT2D eigenvalue weighted by Gasteiger charge is -2.09. The molecule has 1 aromatic rings. The second kappa shape index (κ2) is 6.63. The Morgan fingerprint density at radius 3 is 3.12 bits per heavy atom. The lowest BCUT2D eigenvalue weighted by Crippen LogP contribution is -2.26. The van der Waals surface area contributed by atoms with E-state index in [-0.39, 0.29) is 12.5 Å². The maximum Gasteiger partial charge on any atom is 0.254 e. The monoisotopic (exact) mass is 234 g/mol. The summed E-state index contributed by atoms with van der Waals surface area (Å²) in [5.74, 6) is 5.38. The number of carbonyl (C=O) groups excluding carboxylic acids is 1. The number of ether oxygens (including phenoxy) is 1. The number of carbonyl (C=O) groups is 1. The standard InChI is InChI=1S/C12H14N2O3/c1-9(17-2)12(16)14-11-8-10(4-3-7-15)5-6-13-11/h5-6,8-9,15H,7H2,1-2H3,(H,13,14,16). The van der Waals surface area contributed by atoms with Crippen LogP contribution in [0.4, 0.5) is 5.82 Å². The highest BCUT2D eigenvalue weighted by molar-refractivity contribution is 5.93. The van der Waals surface area contributed by atoms with Crippen molar-refractivity contribution in [1.82, 2.24) is 4.98 Å². The summed E-state index contributed by atoms with van der Waals surface area (Å²) in [6, 6.07) is 3.32. The number of methoxy groups -OCH3 is 1. The molecule has 0 saturated heterocycles. The molecule has 0 saturated carbocycles. The van der Waals surface area contributed by atoms with Crippen LogP contribution < -0.4 is 5.32 Å². The molecule has 0 radical (unpaired) electrons. The summed E-state index contributed by atoms with van der Waals surface area (Å²) in [6.07, 6.45) is 0.998. The molecule has 1 atom stereocenters. The Bertz CT molecular complexity index is 449. The molecule has 0 aliphatic rings. The molecule has 0 aliphatic carbocycles.